The lowest BCUT2D eigenvalue weighted by Gasteiger charge is -2.13. The molecule has 58 valence electrons. The van der Waals surface area contributed by atoms with Crippen LogP contribution in [0.2, 0.25) is 0 Å². The Bertz CT molecular complexity index is 221. The number of aromatic nitrogens is 2. The molecule has 4 heteroatoms. The van der Waals surface area contributed by atoms with Crippen LogP contribution < -0.4 is 10.9 Å². The largest absolute Gasteiger partial charge is 0.290 e. The second-order valence-corrected chi connectivity index (χ2v) is 2.00. The first-order valence-corrected chi connectivity index (χ1v) is 3.23. The minimum Gasteiger partial charge on any atom is -0.290 e. The van der Waals surface area contributed by atoms with Crippen molar-refractivity contribution < 1.29 is 0 Å². The van der Waals surface area contributed by atoms with E-state index in [1.807, 2.05) is 0 Å². The van der Waals surface area contributed by atoms with E-state index in [0.717, 1.165) is 0 Å². The van der Waals surface area contributed by atoms with E-state index >= 15 is 0 Å². The van der Waals surface area contributed by atoms with E-state index in [1.165, 1.54) is 5.01 Å². The molecule has 0 aliphatic carbocycles. The van der Waals surface area contributed by atoms with Crippen molar-refractivity contribution in [1.82, 2.24) is 9.97 Å². The van der Waals surface area contributed by atoms with E-state index in [-0.39, 0.29) is 0 Å². The zero-order chi connectivity index (χ0) is 8.10. The fraction of sp³-hybridized carbons (Fsp3) is 0.143. The van der Waals surface area contributed by atoms with Gasteiger partial charge in [0.25, 0.3) is 0 Å². The summed E-state index contributed by atoms with van der Waals surface area (Å²) in [5, 5.41) is 1.47. The zero-order valence-electron chi connectivity index (χ0n) is 6.14. The van der Waals surface area contributed by atoms with E-state index in [1.54, 1.807) is 24.7 Å². The van der Waals surface area contributed by atoms with E-state index in [0.29, 0.717) is 12.4 Å². The molecule has 0 saturated carbocycles. The summed E-state index contributed by atoms with van der Waals surface area (Å²) in [4.78, 5) is 7.86. The number of hydrazine groups is 1. The molecule has 1 aromatic rings. The van der Waals surface area contributed by atoms with Gasteiger partial charge in [-0.25, -0.2) is 10.8 Å². The molecule has 4 nitrogen and oxygen atoms in total. The first-order valence-electron chi connectivity index (χ1n) is 3.23. The first kappa shape index (κ1) is 7.68. The van der Waals surface area contributed by atoms with Gasteiger partial charge < -0.3 is 0 Å². The van der Waals surface area contributed by atoms with Crippen LogP contribution in [-0.2, 0) is 0 Å². The van der Waals surface area contributed by atoms with Gasteiger partial charge >= 0.3 is 0 Å². The number of hydrogen-bond acceptors (Lipinski definition) is 4. The van der Waals surface area contributed by atoms with Gasteiger partial charge in [0, 0.05) is 12.4 Å². The van der Waals surface area contributed by atoms with Crippen molar-refractivity contribution in [3.05, 3.63) is 31.2 Å². The molecule has 0 unspecified atom stereocenters. The fourth-order valence-electron chi connectivity index (χ4n) is 0.672. The van der Waals surface area contributed by atoms with Gasteiger partial charge in [-0.3, -0.25) is 9.99 Å². The number of nitrogens with two attached hydrogens (primary N) is 1. The molecule has 0 radical (unpaired) electrons. The molecule has 0 saturated heterocycles. The molecule has 0 bridgehead atoms. The predicted molar refractivity (Wildman–Crippen MR) is 43.8 cm³/mol. The molecule has 1 rings (SSSR count). The summed E-state index contributed by atoms with van der Waals surface area (Å²) in [7, 11) is 0. The van der Waals surface area contributed by atoms with Crippen molar-refractivity contribution in [1.29, 1.82) is 0 Å². The topological polar surface area (TPSA) is 55.0 Å². The first-order chi connectivity index (χ1) is 5.34. The average Bonchev–Trinajstić information content (AvgIpc) is 2.07. The van der Waals surface area contributed by atoms with Crippen molar-refractivity contribution in [3.63, 3.8) is 0 Å². The standard InChI is InChI=1S/C7H10N4/c1-2-5-11(8)7-6-9-3-4-10-7/h2-4,6H,1,5,8H2. The smallest absolute Gasteiger partial charge is 0.161 e. The zero-order valence-corrected chi connectivity index (χ0v) is 6.14. The molecule has 1 aromatic heterocycles. The van der Waals surface area contributed by atoms with Gasteiger partial charge in [-0.15, -0.1) is 6.58 Å². The van der Waals surface area contributed by atoms with Crippen molar-refractivity contribution in [2.75, 3.05) is 11.6 Å². The molecule has 0 fully saturated rings. The Morgan fingerprint density at radius 3 is 3.00 bits per heavy atom. The average molecular weight is 150 g/mol. The van der Waals surface area contributed by atoms with Crippen LogP contribution in [0.5, 0.6) is 0 Å². The maximum Gasteiger partial charge on any atom is 0.161 e. The number of anilines is 1. The summed E-state index contributed by atoms with van der Waals surface area (Å²) >= 11 is 0. The lowest BCUT2D eigenvalue weighted by atomic mass is 10.5. The van der Waals surface area contributed by atoms with Crippen molar-refractivity contribution in [3.8, 4) is 0 Å². The van der Waals surface area contributed by atoms with Crippen LogP contribution >= 0.6 is 0 Å². The summed E-state index contributed by atoms with van der Waals surface area (Å²) in [6.07, 6.45) is 6.50. The number of hydrogen-bond donors (Lipinski definition) is 1. The molecular weight excluding hydrogens is 140 g/mol. The highest BCUT2D eigenvalue weighted by Crippen LogP contribution is 2.00. The Kier molecular flexibility index (Phi) is 2.57. The van der Waals surface area contributed by atoms with E-state index in [4.69, 9.17) is 5.84 Å². The normalized spacial score (nSPS) is 9.18. The SMILES string of the molecule is C=CCN(N)c1cnccn1. The lowest BCUT2D eigenvalue weighted by Crippen LogP contribution is -2.31. The van der Waals surface area contributed by atoms with Crippen LogP contribution in [0, 0.1) is 0 Å². The Morgan fingerprint density at radius 1 is 1.64 bits per heavy atom. The number of nitrogens with zero attached hydrogens (tertiary/aromatic N) is 3. The van der Waals surface area contributed by atoms with Crippen LogP contribution in [0.4, 0.5) is 5.82 Å². The van der Waals surface area contributed by atoms with Crippen molar-refractivity contribution >= 4 is 5.82 Å². The van der Waals surface area contributed by atoms with Gasteiger partial charge in [0.2, 0.25) is 0 Å². The molecule has 11 heavy (non-hydrogen) atoms. The molecule has 0 atom stereocenters. The Labute approximate surface area is 65.3 Å². The molecular formula is C7H10N4. The molecule has 0 aliphatic rings. The molecule has 0 spiro atoms. The lowest BCUT2D eigenvalue weighted by molar-refractivity contribution is 0.902. The third-order valence-electron chi connectivity index (χ3n) is 1.17. The van der Waals surface area contributed by atoms with E-state index in [9.17, 15) is 0 Å². The fourth-order valence-corrected chi connectivity index (χ4v) is 0.672. The van der Waals surface area contributed by atoms with Gasteiger partial charge in [0.05, 0.1) is 12.7 Å². The minimum atomic E-state index is 0.568. The second kappa shape index (κ2) is 3.68. The summed E-state index contributed by atoms with van der Waals surface area (Å²) in [6, 6.07) is 0. The second-order valence-electron chi connectivity index (χ2n) is 2.00. The predicted octanol–water partition coefficient (Wildman–Crippen LogP) is 0.343. The molecule has 1 heterocycles. The highest BCUT2D eigenvalue weighted by Gasteiger charge is 1.97. The maximum atomic E-state index is 5.57. The highest BCUT2D eigenvalue weighted by atomic mass is 15.4. The van der Waals surface area contributed by atoms with Crippen LogP contribution in [-0.4, -0.2) is 16.5 Å². The van der Waals surface area contributed by atoms with E-state index in [2.05, 4.69) is 16.5 Å². The van der Waals surface area contributed by atoms with Gasteiger partial charge in [-0.05, 0) is 0 Å². The summed E-state index contributed by atoms with van der Waals surface area (Å²) in [5.41, 5.74) is 0. The molecule has 0 amide bonds. The van der Waals surface area contributed by atoms with Crippen LogP contribution in [0.3, 0.4) is 0 Å². The van der Waals surface area contributed by atoms with Gasteiger partial charge in [0.1, 0.15) is 0 Å². The van der Waals surface area contributed by atoms with Crippen LogP contribution in [0.15, 0.2) is 31.2 Å². The molecule has 2 N–H and O–H groups in total. The molecule has 0 aromatic carbocycles. The van der Waals surface area contributed by atoms with Gasteiger partial charge in [-0.2, -0.15) is 0 Å². The van der Waals surface area contributed by atoms with Crippen molar-refractivity contribution in [2.24, 2.45) is 5.84 Å². The molecule has 0 aliphatic heterocycles. The monoisotopic (exact) mass is 150 g/mol. The third-order valence-corrected chi connectivity index (χ3v) is 1.17. The summed E-state index contributed by atoms with van der Waals surface area (Å²) in [6.45, 7) is 4.12. The van der Waals surface area contributed by atoms with Crippen LogP contribution in [0.25, 0.3) is 0 Å². The van der Waals surface area contributed by atoms with Gasteiger partial charge in [0.15, 0.2) is 5.82 Å². The Balaban J connectivity index is 2.68. The highest BCUT2D eigenvalue weighted by molar-refractivity contribution is 5.32. The maximum absolute atomic E-state index is 5.57. The number of rotatable bonds is 3. The van der Waals surface area contributed by atoms with Crippen molar-refractivity contribution in [2.45, 2.75) is 0 Å². The minimum absolute atomic E-state index is 0.568. The Morgan fingerprint density at radius 2 is 2.45 bits per heavy atom. The van der Waals surface area contributed by atoms with Crippen LogP contribution in [0.1, 0.15) is 0 Å². The van der Waals surface area contributed by atoms with E-state index < -0.39 is 0 Å². The quantitative estimate of drug-likeness (QED) is 0.383. The third kappa shape index (κ3) is 2.01. The summed E-state index contributed by atoms with van der Waals surface area (Å²) in [5.74, 6) is 6.21. The van der Waals surface area contributed by atoms with Gasteiger partial charge in [-0.1, -0.05) is 6.08 Å². The summed E-state index contributed by atoms with van der Waals surface area (Å²) < 4.78 is 0. The Hall–Kier alpha value is -1.42.